The van der Waals surface area contributed by atoms with Crippen molar-refractivity contribution >= 4 is 45.7 Å². The van der Waals surface area contributed by atoms with Crippen molar-refractivity contribution in [3.05, 3.63) is 59.1 Å². The summed E-state index contributed by atoms with van der Waals surface area (Å²) in [4.78, 5) is 12.3. The molecule has 1 aliphatic carbocycles. The van der Waals surface area contributed by atoms with Gasteiger partial charge >= 0.3 is 0 Å². The minimum Gasteiger partial charge on any atom is -0.306 e. The van der Waals surface area contributed by atoms with Crippen LogP contribution in [0.1, 0.15) is 31.2 Å². The molecule has 2 aromatic carbocycles. The number of rotatable bonds is 2. The summed E-state index contributed by atoms with van der Waals surface area (Å²) < 4.78 is 0. The first-order chi connectivity index (χ1) is 12.6. The second-order valence-electron chi connectivity index (χ2n) is 6.90. The van der Waals surface area contributed by atoms with E-state index in [1.54, 1.807) is 11.8 Å². The van der Waals surface area contributed by atoms with E-state index in [4.69, 9.17) is 21.6 Å². The molecule has 0 unspecified atom stereocenters. The van der Waals surface area contributed by atoms with Crippen LogP contribution in [-0.2, 0) is 0 Å². The third kappa shape index (κ3) is 2.95. The zero-order valence-corrected chi connectivity index (χ0v) is 16.6. The molecule has 2 aromatic rings. The summed E-state index contributed by atoms with van der Waals surface area (Å²) in [6.07, 6.45) is 6.55. The van der Waals surface area contributed by atoms with Crippen LogP contribution in [0, 0.1) is 6.92 Å². The van der Waals surface area contributed by atoms with E-state index in [0.717, 1.165) is 40.2 Å². The number of benzene rings is 2. The van der Waals surface area contributed by atoms with Gasteiger partial charge in [-0.3, -0.25) is 0 Å². The Morgan fingerprint density at radius 3 is 2.58 bits per heavy atom. The van der Waals surface area contributed by atoms with Crippen molar-refractivity contribution < 1.29 is 0 Å². The van der Waals surface area contributed by atoms with Crippen LogP contribution in [0.15, 0.2) is 58.5 Å². The van der Waals surface area contributed by atoms with Gasteiger partial charge in [-0.05, 0) is 55.9 Å². The average Bonchev–Trinajstić information content (AvgIpc) is 3.23. The monoisotopic (exact) mass is 383 g/mol. The molecule has 134 valence electrons. The molecule has 26 heavy (non-hydrogen) atoms. The normalized spacial score (nSPS) is 20.2. The molecular weight excluding hydrogens is 362 g/mol. The Hall–Kier alpha value is -1.78. The predicted octanol–water partition coefficient (Wildman–Crippen LogP) is 6.23. The number of para-hydroxylation sites is 1. The highest BCUT2D eigenvalue weighted by Gasteiger charge is 2.51. The van der Waals surface area contributed by atoms with Gasteiger partial charge in [0.15, 0.2) is 11.0 Å². The summed E-state index contributed by atoms with van der Waals surface area (Å²) >= 11 is 8.23. The molecular formula is C21H22ClN3S. The number of aliphatic imine (C=N–C) groups is 2. The van der Waals surface area contributed by atoms with Crippen LogP contribution in [-0.4, -0.2) is 22.8 Å². The number of nitrogens with zero attached hydrogens (tertiary/aromatic N) is 3. The van der Waals surface area contributed by atoms with Crippen LogP contribution in [0.4, 0.5) is 11.4 Å². The Morgan fingerprint density at radius 2 is 1.88 bits per heavy atom. The third-order valence-corrected chi connectivity index (χ3v) is 6.14. The Morgan fingerprint density at radius 1 is 1.12 bits per heavy atom. The molecule has 0 saturated heterocycles. The van der Waals surface area contributed by atoms with Gasteiger partial charge in [0.1, 0.15) is 5.54 Å². The van der Waals surface area contributed by atoms with Crippen LogP contribution in [0.25, 0.3) is 0 Å². The van der Waals surface area contributed by atoms with Crippen LogP contribution < -0.4 is 4.90 Å². The molecule has 0 aromatic heterocycles. The molecule has 5 heteroatoms. The van der Waals surface area contributed by atoms with Crippen molar-refractivity contribution in [1.29, 1.82) is 0 Å². The summed E-state index contributed by atoms with van der Waals surface area (Å²) in [5, 5.41) is 1.74. The van der Waals surface area contributed by atoms with Gasteiger partial charge in [-0.25, -0.2) is 9.98 Å². The van der Waals surface area contributed by atoms with E-state index in [2.05, 4.69) is 48.4 Å². The maximum Gasteiger partial charge on any atom is 0.171 e. The standard InChI is InChI=1S/C21H22ClN3S/c1-15-8-7-9-16(14-15)23-19-21(12-5-6-13-21)25(20(24-19)26-2)18-11-4-3-10-17(18)22/h3-4,7-11,14H,5-6,12-13H2,1-2H3. The first-order valence-corrected chi connectivity index (χ1v) is 10.6. The zero-order chi connectivity index (χ0) is 18.1. The minimum absolute atomic E-state index is 0.187. The van der Waals surface area contributed by atoms with E-state index < -0.39 is 0 Å². The summed E-state index contributed by atoms with van der Waals surface area (Å²) in [7, 11) is 0. The number of amidine groups is 2. The lowest BCUT2D eigenvalue weighted by Gasteiger charge is -2.37. The van der Waals surface area contributed by atoms with Crippen molar-refractivity contribution in [2.45, 2.75) is 38.1 Å². The summed E-state index contributed by atoms with van der Waals surface area (Å²) in [5.74, 6) is 0.921. The molecule has 1 spiro atoms. The number of anilines is 1. The fourth-order valence-electron chi connectivity index (χ4n) is 3.99. The van der Waals surface area contributed by atoms with Gasteiger partial charge in [-0.15, -0.1) is 0 Å². The Balaban J connectivity index is 1.86. The highest BCUT2D eigenvalue weighted by molar-refractivity contribution is 8.13. The van der Waals surface area contributed by atoms with Crippen molar-refractivity contribution in [2.75, 3.05) is 11.2 Å². The molecule has 4 rings (SSSR count). The smallest absolute Gasteiger partial charge is 0.171 e. The fraction of sp³-hybridized carbons (Fsp3) is 0.333. The van der Waals surface area contributed by atoms with Gasteiger partial charge < -0.3 is 4.90 Å². The SMILES string of the molecule is CSC1=NC(=Nc2cccc(C)c2)C2(CCCC2)N1c1ccccc1Cl. The third-order valence-electron chi connectivity index (χ3n) is 5.18. The highest BCUT2D eigenvalue weighted by atomic mass is 35.5. The van der Waals surface area contributed by atoms with E-state index in [-0.39, 0.29) is 5.54 Å². The first kappa shape index (κ1) is 17.6. The zero-order valence-electron chi connectivity index (χ0n) is 15.1. The second-order valence-corrected chi connectivity index (χ2v) is 8.08. The quantitative estimate of drug-likeness (QED) is 0.614. The summed E-state index contributed by atoms with van der Waals surface area (Å²) in [5.41, 5.74) is 3.02. The van der Waals surface area contributed by atoms with Gasteiger partial charge in [-0.1, -0.05) is 60.5 Å². The second kappa shape index (κ2) is 7.09. The number of thioether (sulfide) groups is 1. The Kier molecular flexibility index (Phi) is 4.80. The Labute approximate surface area is 164 Å². The van der Waals surface area contributed by atoms with Crippen molar-refractivity contribution in [3.8, 4) is 0 Å². The maximum atomic E-state index is 6.57. The van der Waals surface area contributed by atoms with Crippen molar-refractivity contribution in [3.63, 3.8) is 0 Å². The molecule has 1 heterocycles. The first-order valence-electron chi connectivity index (χ1n) is 8.97. The maximum absolute atomic E-state index is 6.57. The summed E-state index contributed by atoms with van der Waals surface area (Å²) in [6, 6.07) is 16.4. The van der Waals surface area contributed by atoms with Gasteiger partial charge in [0.25, 0.3) is 0 Å². The van der Waals surface area contributed by atoms with Crippen molar-refractivity contribution in [2.24, 2.45) is 9.98 Å². The minimum atomic E-state index is -0.187. The predicted molar refractivity (Wildman–Crippen MR) is 114 cm³/mol. The van der Waals surface area contributed by atoms with Gasteiger partial charge in [0, 0.05) is 0 Å². The number of hydrogen-bond donors (Lipinski definition) is 0. The van der Waals surface area contributed by atoms with Gasteiger partial charge in [0.2, 0.25) is 0 Å². The number of halogens is 1. The molecule has 1 saturated carbocycles. The molecule has 0 N–H and O–H groups in total. The molecule has 0 atom stereocenters. The lowest BCUT2D eigenvalue weighted by Crippen LogP contribution is -2.49. The van der Waals surface area contributed by atoms with E-state index in [1.807, 2.05) is 18.2 Å². The molecule has 0 radical (unpaired) electrons. The molecule has 3 nitrogen and oxygen atoms in total. The largest absolute Gasteiger partial charge is 0.306 e. The molecule has 0 bridgehead atoms. The average molecular weight is 384 g/mol. The van der Waals surface area contributed by atoms with Crippen LogP contribution in [0.5, 0.6) is 0 Å². The van der Waals surface area contributed by atoms with E-state index in [9.17, 15) is 0 Å². The van der Waals surface area contributed by atoms with Crippen LogP contribution in [0.3, 0.4) is 0 Å². The topological polar surface area (TPSA) is 28.0 Å². The van der Waals surface area contributed by atoms with Crippen molar-refractivity contribution in [1.82, 2.24) is 0 Å². The molecule has 1 fully saturated rings. The number of hydrogen-bond acceptors (Lipinski definition) is 3. The van der Waals surface area contributed by atoms with E-state index >= 15 is 0 Å². The lowest BCUT2D eigenvalue weighted by molar-refractivity contribution is 0.592. The van der Waals surface area contributed by atoms with E-state index in [0.29, 0.717) is 0 Å². The Bertz CT molecular complexity index is 884. The van der Waals surface area contributed by atoms with E-state index in [1.165, 1.54) is 18.4 Å². The molecule has 2 aliphatic rings. The van der Waals surface area contributed by atoms with Crippen LogP contribution >= 0.6 is 23.4 Å². The van der Waals surface area contributed by atoms with Crippen LogP contribution in [0.2, 0.25) is 5.02 Å². The molecule has 1 aliphatic heterocycles. The highest BCUT2D eigenvalue weighted by Crippen LogP contribution is 2.47. The summed E-state index contributed by atoms with van der Waals surface area (Å²) in [6.45, 7) is 2.09. The lowest BCUT2D eigenvalue weighted by atomic mass is 9.94. The van der Waals surface area contributed by atoms with Gasteiger partial charge in [0.05, 0.1) is 16.4 Å². The molecule has 0 amide bonds. The number of aryl methyl sites for hydroxylation is 1. The fourth-order valence-corrected chi connectivity index (χ4v) is 4.84. The van der Waals surface area contributed by atoms with Gasteiger partial charge in [-0.2, -0.15) is 0 Å².